The molecule has 17 nitrogen and oxygen atoms in total. The fraction of sp³-hybridized carbons (Fsp3) is 0.606. The summed E-state index contributed by atoms with van der Waals surface area (Å²) in [7, 11) is 0. The van der Waals surface area contributed by atoms with Crippen molar-refractivity contribution in [1.29, 1.82) is 0 Å². The molecule has 0 bridgehead atoms. The molecule has 1 unspecified atom stereocenters. The summed E-state index contributed by atoms with van der Waals surface area (Å²) in [6, 6.07) is 0. The number of fused-ring (bicyclic) bond motifs is 2. The maximum atomic E-state index is 13.2. The third-order valence-electron chi connectivity index (χ3n) is 8.13. The summed E-state index contributed by atoms with van der Waals surface area (Å²) >= 11 is 0. The van der Waals surface area contributed by atoms with Crippen molar-refractivity contribution in [2.75, 3.05) is 13.2 Å². The number of rotatable bonds is 12. The third-order valence-corrected chi connectivity index (χ3v) is 8.13. The van der Waals surface area contributed by atoms with Gasteiger partial charge in [0.25, 0.3) is 5.91 Å². The van der Waals surface area contributed by atoms with Crippen LogP contribution >= 0.6 is 0 Å². The second-order valence-electron chi connectivity index (χ2n) is 12.0. The summed E-state index contributed by atoms with van der Waals surface area (Å²) < 4.78 is 51.1. The van der Waals surface area contributed by atoms with Crippen LogP contribution in [0.2, 0.25) is 0 Å². The summed E-state index contributed by atoms with van der Waals surface area (Å²) in [5.41, 5.74) is -1.37. The lowest BCUT2D eigenvalue weighted by Crippen LogP contribution is -2.64. The van der Waals surface area contributed by atoms with Crippen LogP contribution in [-0.2, 0) is 76.2 Å². The standard InChI is InChI=1S/C33H41NO16/c1-8-11-34-29(40)23-13-43-31(25-21(23)9-10-33(25)12-22(30(41)50-33)15(2)44-17(4)36)49-32-28(47-20(7)39)27(46-19(6)38)26(45-18(5)37)24(48-32)14-42-16(3)35/h9-10,12-13,15,21,24-28,31-32H,8,11,14H2,1-7H3,(H,34,40)/t15-,21+,24+,25+,26+,27-,28+,31+,32-,33?/m0/s1. The maximum Gasteiger partial charge on any atom is 0.338 e. The fourth-order valence-corrected chi connectivity index (χ4v) is 6.23. The zero-order valence-electron chi connectivity index (χ0n) is 28.7. The SMILES string of the molecule is CCCNC(=O)C1=CO[C@H](O[C@@H]2O[C@H](COC(C)=O)[C@@H](OC(C)=O)[C@H](OC(C)=O)[C@H]2OC(C)=O)[C@H]2[C@@H]1C=CC21C=C([C@H](C)OC(C)=O)C(=O)O1. The first-order valence-corrected chi connectivity index (χ1v) is 16.0. The van der Waals surface area contributed by atoms with Gasteiger partial charge in [0.05, 0.1) is 23.3 Å². The molecule has 3 heterocycles. The van der Waals surface area contributed by atoms with E-state index in [2.05, 4.69) is 5.32 Å². The molecule has 0 aromatic heterocycles. The van der Waals surface area contributed by atoms with Gasteiger partial charge in [-0.1, -0.05) is 13.0 Å². The van der Waals surface area contributed by atoms with Crippen molar-refractivity contribution in [3.8, 4) is 0 Å². The first kappa shape index (κ1) is 38.0. The number of amides is 1. The number of hydrogen-bond acceptors (Lipinski definition) is 16. The molecule has 50 heavy (non-hydrogen) atoms. The van der Waals surface area contributed by atoms with E-state index in [4.69, 9.17) is 42.6 Å². The monoisotopic (exact) mass is 707 g/mol. The molecule has 3 aliphatic heterocycles. The largest absolute Gasteiger partial charge is 0.471 e. The smallest absolute Gasteiger partial charge is 0.338 e. The molecular weight excluding hydrogens is 666 g/mol. The number of allylic oxidation sites excluding steroid dienone is 1. The molecule has 1 aliphatic carbocycles. The van der Waals surface area contributed by atoms with Gasteiger partial charge in [0.2, 0.25) is 12.6 Å². The second-order valence-corrected chi connectivity index (χ2v) is 12.0. The summed E-state index contributed by atoms with van der Waals surface area (Å²) in [5, 5.41) is 2.79. The van der Waals surface area contributed by atoms with Crippen LogP contribution in [0.3, 0.4) is 0 Å². The van der Waals surface area contributed by atoms with E-state index in [9.17, 15) is 33.6 Å². The summed E-state index contributed by atoms with van der Waals surface area (Å²) in [4.78, 5) is 86.7. The molecule has 0 aromatic rings. The van der Waals surface area contributed by atoms with Gasteiger partial charge < -0.3 is 47.9 Å². The lowest BCUT2D eigenvalue weighted by atomic mass is 9.78. The lowest BCUT2D eigenvalue weighted by molar-refractivity contribution is -0.347. The normalized spacial score (nSPS) is 31.5. The Kier molecular flexibility index (Phi) is 12.1. The molecule has 4 rings (SSSR count). The third kappa shape index (κ3) is 8.50. The quantitative estimate of drug-likeness (QED) is 0.169. The van der Waals surface area contributed by atoms with E-state index in [0.717, 1.165) is 27.7 Å². The fourth-order valence-electron chi connectivity index (χ4n) is 6.23. The van der Waals surface area contributed by atoms with E-state index in [1.165, 1.54) is 26.2 Å². The van der Waals surface area contributed by atoms with Gasteiger partial charge in [-0.15, -0.1) is 0 Å². The highest BCUT2D eigenvalue weighted by Gasteiger charge is 2.61. The molecule has 1 spiro atoms. The predicted molar refractivity (Wildman–Crippen MR) is 164 cm³/mol. The van der Waals surface area contributed by atoms with Crippen LogP contribution in [0.4, 0.5) is 0 Å². The van der Waals surface area contributed by atoms with Crippen molar-refractivity contribution < 1.29 is 76.2 Å². The van der Waals surface area contributed by atoms with Gasteiger partial charge in [-0.05, 0) is 25.5 Å². The minimum absolute atomic E-state index is 0.0306. The molecule has 274 valence electrons. The predicted octanol–water partition coefficient (Wildman–Crippen LogP) is 0.828. The molecule has 10 atom stereocenters. The summed E-state index contributed by atoms with van der Waals surface area (Å²) in [6.45, 7) is 8.82. The highest BCUT2D eigenvalue weighted by Crippen LogP contribution is 2.51. The molecule has 0 radical (unpaired) electrons. The van der Waals surface area contributed by atoms with Gasteiger partial charge >= 0.3 is 35.8 Å². The molecule has 1 fully saturated rings. The van der Waals surface area contributed by atoms with Gasteiger partial charge in [0.1, 0.15) is 18.8 Å². The van der Waals surface area contributed by atoms with Gasteiger partial charge in [0.15, 0.2) is 23.9 Å². The molecular formula is C33H41NO16. The van der Waals surface area contributed by atoms with Crippen LogP contribution in [-0.4, -0.2) is 104 Å². The summed E-state index contributed by atoms with van der Waals surface area (Å²) in [6.07, 6.45) is -3.40. The van der Waals surface area contributed by atoms with Crippen molar-refractivity contribution in [1.82, 2.24) is 5.32 Å². The van der Waals surface area contributed by atoms with Crippen molar-refractivity contribution in [3.05, 3.63) is 35.6 Å². The van der Waals surface area contributed by atoms with Gasteiger partial charge in [-0.3, -0.25) is 28.8 Å². The molecule has 17 heteroatoms. The van der Waals surface area contributed by atoms with Gasteiger partial charge in [0, 0.05) is 47.1 Å². The average Bonchev–Trinajstić information content (AvgIpc) is 3.56. The number of esters is 6. The number of ether oxygens (including phenoxy) is 9. The number of nitrogens with one attached hydrogen (secondary N) is 1. The Labute approximate surface area is 287 Å². The van der Waals surface area contributed by atoms with E-state index in [1.807, 2.05) is 6.92 Å². The Bertz CT molecular complexity index is 1480. The van der Waals surface area contributed by atoms with Crippen molar-refractivity contribution in [3.63, 3.8) is 0 Å². The molecule has 1 amide bonds. The zero-order chi connectivity index (χ0) is 36.9. The van der Waals surface area contributed by atoms with Gasteiger partial charge in [-0.2, -0.15) is 0 Å². The van der Waals surface area contributed by atoms with E-state index in [0.29, 0.717) is 13.0 Å². The topological polar surface area (TPSA) is 215 Å². The summed E-state index contributed by atoms with van der Waals surface area (Å²) in [5.74, 6) is -6.87. The molecule has 0 aromatic carbocycles. The minimum Gasteiger partial charge on any atom is -0.471 e. The van der Waals surface area contributed by atoms with Crippen molar-refractivity contribution in [2.24, 2.45) is 11.8 Å². The van der Waals surface area contributed by atoms with E-state index >= 15 is 0 Å². The van der Waals surface area contributed by atoms with E-state index < -0.39 is 109 Å². The Morgan fingerprint density at radius 1 is 0.880 bits per heavy atom. The first-order valence-electron chi connectivity index (χ1n) is 16.0. The molecule has 1 N–H and O–H groups in total. The van der Waals surface area contributed by atoms with Crippen LogP contribution in [0.5, 0.6) is 0 Å². The van der Waals surface area contributed by atoms with E-state index in [1.54, 1.807) is 12.2 Å². The zero-order valence-corrected chi connectivity index (χ0v) is 28.7. The lowest BCUT2D eigenvalue weighted by Gasteiger charge is -2.46. The van der Waals surface area contributed by atoms with Crippen LogP contribution < -0.4 is 5.32 Å². The number of carbonyl (C=O) groups excluding carboxylic acids is 7. The Morgan fingerprint density at radius 3 is 2.12 bits per heavy atom. The number of hydrogen-bond donors (Lipinski definition) is 1. The Hall–Kier alpha value is -4.77. The minimum atomic E-state index is -1.65. The molecule has 4 aliphatic rings. The molecule has 1 saturated heterocycles. The Morgan fingerprint density at radius 2 is 1.52 bits per heavy atom. The Balaban J connectivity index is 1.78. The highest BCUT2D eigenvalue weighted by molar-refractivity contribution is 5.96. The van der Waals surface area contributed by atoms with Crippen molar-refractivity contribution >= 4 is 41.7 Å². The number of carbonyl (C=O) groups is 7. The van der Waals surface area contributed by atoms with Crippen LogP contribution in [0.1, 0.15) is 54.9 Å². The average molecular weight is 708 g/mol. The van der Waals surface area contributed by atoms with Crippen LogP contribution in [0.15, 0.2) is 35.6 Å². The van der Waals surface area contributed by atoms with Crippen LogP contribution in [0.25, 0.3) is 0 Å². The highest BCUT2D eigenvalue weighted by atomic mass is 16.8. The van der Waals surface area contributed by atoms with Crippen LogP contribution in [0, 0.1) is 11.8 Å². The maximum absolute atomic E-state index is 13.2. The first-order chi connectivity index (χ1) is 23.6. The molecule has 0 saturated carbocycles. The van der Waals surface area contributed by atoms with E-state index in [-0.39, 0.29) is 11.1 Å². The van der Waals surface area contributed by atoms with Crippen molar-refractivity contribution in [2.45, 2.75) is 104 Å². The second kappa shape index (κ2) is 15.8. The van der Waals surface area contributed by atoms with Gasteiger partial charge in [-0.25, -0.2) is 4.79 Å².